The molecule has 0 saturated carbocycles. The summed E-state index contributed by atoms with van der Waals surface area (Å²) in [5.41, 5.74) is 2.16. The highest BCUT2D eigenvalue weighted by molar-refractivity contribution is 6.34. The first-order valence-corrected chi connectivity index (χ1v) is 7.63. The minimum Gasteiger partial charge on any atom is -0.492 e. The van der Waals surface area contributed by atoms with Crippen molar-refractivity contribution in [3.63, 3.8) is 0 Å². The fourth-order valence-electron chi connectivity index (χ4n) is 2.13. The molecule has 1 atom stereocenters. The third kappa shape index (κ3) is 3.64. The van der Waals surface area contributed by atoms with Gasteiger partial charge in [0.25, 0.3) is 0 Å². The van der Waals surface area contributed by atoms with E-state index in [1.165, 1.54) is 0 Å². The predicted octanol–water partition coefficient (Wildman–Crippen LogP) is 5.44. The quantitative estimate of drug-likeness (QED) is 0.800. The molecule has 1 unspecified atom stereocenters. The molecule has 21 heavy (non-hydrogen) atoms. The Morgan fingerprint density at radius 1 is 1.05 bits per heavy atom. The Bertz CT molecular complexity index is 656. The van der Waals surface area contributed by atoms with Crippen LogP contribution >= 0.6 is 34.8 Å². The molecule has 1 N–H and O–H groups in total. The molecule has 0 aliphatic heterocycles. The average Bonchev–Trinajstić information content (AvgIpc) is 2.42. The minimum absolute atomic E-state index is 0.407. The van der Waals surface area contributed by atoms with Gasteiger partial charge in [0.1, 0.15) is 11.9 Å². The van der Waals surface area contributed by atoms with Crippen molar-refractivity contribution in [1.29, 1.82) is 0 Å². The molecule has 2 aromatic carbocycles. The fraction of sp³-hybridized carbons (Fsp3) is 0.250. The number of aliphatic hydroxyl groups is 1. The summed E-state index contributed by atoms with van der Waals surface area (Å²) in [6.45, 7) is 4.24. The van der Waals surface area contributed by atoms with Crippen molar-refractivity contribution >= 4 is 34.8 Å². The molecule has 0 spiro atoms. The van der Waals surface area contributed by atoms with Crippen molar-refractivity contribution in [2.75, 3.05) is 6.61 Å². The molecule has 0 bridgehead atoms. The molecule has 0 saturated heterocycles. The summed E-state index contributed by atoms with van der Waals surface area (Å²) in [5, 5.41) is 12.0. The van der Waals surface area contributed by atoms with E-state index in [4.69, 9.17) is 39.5 Å². The van der Waals surface area contributed by atoms with E-state index in [0.29, 0.717) is 33.0 Å². The highest BCUT2D eigenvalue weighted by Gasteiger charge is 2.18. The van der Waals surface area contributed by atoms with E-state index in [9.17, 15) is 5.11 Å². The number of rotatable bonds is 4. The van der Waals surface area contributed by atoms with Crippen molar-refractivity contribution in [3.8, 4) is 5.75 Å². The molecule has 0 fully saturated rings. The van der Waals surface area contributed by atoms with Crippen LogP contribution in [0.1, 0.15) is 29.7 Å². The molecule has 0 heterocycles. The third-order valence-electron chi connectivity index (χ3n) is 3.17. The zero-order chi connectivity index (χ0) is 15.6. The molecular formula is C16H15Cl3O2. The average molecular weight is 346 g/mol. The SMILES string of the molecule is CCOc1cc(Cl)c(C(O)c2ccc(Cl)cc2C)cc1Cl. The van der Waals surface area contributed by atoms with Gasteiger partial charge in [0.15, 0.2) is 0 Å². The molecule has 5 heteroatoms. The maximum absolute atomic E-state index is 10.6. The maximum atomic E-state index is 10.6. The first-order chi connectivity index (χ1) is 9.93. The van der Waals surface area contributed by atoms with Crippen molar-refractivity contribution in [3.05, 3.63) is 62.1 Å². The van der Waals surface area contributed by atoms with Gasteiger partial charge in [0, 0.05) is 16.7 Å². The number of ether oxygens (including phenoxy) is 1. The summed E-state index contributed by atoms with van der Waals surface area (Å²) in [5.74, 6) is 0.507. The van der Waals surface area contributed by atoms with Crippen LogP contribution in [0.4, 0.5) is 0 Å². The molecule has 0 aliphatic rings. The van der Waals surface area contributed by atoms with Gasteiger partial charge in [-0.15, -0.1) is 0 Å². The van der Waals surface area contributed by atoms with Gasteiger partial charge in [-0.25, -0.2) is 0 Å². The minimum atomic E-state index is -0.872. The summed E-state index contributed by atoms with van der Waals surface area (Å²) in [6.07, 6.45) is -0.872. The first-order valence-electron chi connectivity index (χ1n) is 6.50. The Morgan fingerprint density at radius 2 is 1.76 bits per heavy atom. The van der Waals surface area contributed by atoms with Gasteiger partial charge >= 0.3 is 0 Å². The summed E-state index contributed by atoms with van der Waals surface area (Å²) in [7, 11) is 0. The summed E-state index contributed by atoms with van der Waals surface area (Å²) in [4.78, 5) is 0. The zero-order valence-corrected chi connectivity index (χ0v) is 13.9. The molecule has 112 valence electrons. The van der Waals surface area contributed by atoms with E-state index in [1.807, 2.05) is 13.8 Å². The Balaban J connectivity index is 2.43. The van der Waals surface area contributed by atoms with Crippen LogP contribution in [0.2, 0.25) is 15.1 Å². The van der Waals surface area contributed by atoms with Crippen molar-refractivity contribution < 1.29 is 9.84 Å². The molecule has 2 rings (SSSR count). The van der Waals surface area contributed by atoms with Crippen molar-refractivity contribution in [2.24, 2.45) is 0 Å². The van der Waals surface area contributed by atoms with E-state index in [1.54, 1.807) is 30.3 Å². The van der Waals surface area contributed by atoms with Gasteiger partial charge in [0.05, 0.1) is 16.7 Å². The summed E-state index contributed by atoms with van der Waals surface area (Å²) >= 11 is 18.3. The second-order valence-corrected chi connectivity index (χ2v) is 5.89. The van der Waals surface area contributed by atoms with Gasteiger partial charge in [-0.1, -0.05) is 40.9 Å². The van der Waals surface area contributed by atoms with E-state index in [0.717, 1.165) is 11.1 Å². The second kappa shape index (κ2) is 6.89. The highest BCUT2D eigenvalue weighted by atomic mass is 35.5. The molecule has 2 nitrogen and oxygen atoms in total. The van der Waals surface area contributed by atoms with Crippen LogP contribution in [0.15, 0.2) is 30.3 Å². The van der Waals surface area contributed by atoms with E-state index < -0.39 is 6.10 Å². The standard InChI is InChI=1S/C16H15Cl3O2/c1-3-21-15-8-13(18)12(7-14(15)19)16(20)11-5-4-10(17)6-9(11)2/h4-8,16,20H,3H2,1-2H3. The van der Waals surface area contributed by atoms with Crippen LogP contribution in [0.25, 0.3) is 0 Å². The van der Waals surface area contributed by atoms with Crippen LogP contribution in [-0.2, 0) is 0 Å². The third-order valence-corrected chi connectivity index (χ3v) is 4.03. The summed E-state index contributed by atoms with van der Waals surface area (Å²) < 4.78 is 5.38. The predicted molar refractivity (Wildman–Crippen MR) is 87.9 cm³/mol. The largest absolute Gasteiger partial charge is 0.492 e. The number of hydrogen-bond acceptors (Lipinski definition) is 2. The smallest absolute Gasteiger partial charge is 0.139 e. The lowest BCUT2D eigenvalue weighted by molar-refractivity contribution is 0.219. The lowest BCUT2D eigenvalue weighted by Gasteiger charge is -2.17. The number of hydrogen-bond donors (Lipinski definition) is 1. The Labute approximate surface area is 139 Å². The molecule has 0 aromatic heterocycles. The molecule has 0 aliphatic carbocycles. The monoisotopic (exact) mass is 344 g/mol. The Kier molecular flexibility index (Phi) is 5.39. The zero-order valence-electron chi connectivity index (χ0n) is 11.7. The van der Waals surface area contributed by atoms with E-state index in [2.05, 4.69) is 0 Å². The van der Waals surface area contributed by atoms with Crippen molar-refractivity contribution in [2.45, 2.75) is 20.0 Å². The van der Waals surface area contributed by atoms with Gasteiger partial charge < -0.3 is 9.84 Å². The highest BCUT2D eigenvalue weighted by Crippen LogP contribution is 2.37. The normalized spacial score (nSPS) is 12.3. The lowest BCUT2D eigenvalue weighted by Crippen LogP contribution is -2.04. The lowest BCUT2D eigenvalue weighted by atomic mass is 9.97. The van der Waals surface area contributed by atoms with Crippen LogP contribution in [-0.4, -0.2) is 11.7 Å². The second-order valence-electron chi connectivity index (χ2n) is 4.64. The molecule has 0 radical (unpaired) electrons. The maximum Gasteiger partial charge on any atom is 0.139 e. The van der Waals surface area contributed by atoms with Crippen molar-refractivity contribution in [1.82, 2.24) is 0 Å². The molecular weight excluding hydrogens is 331 g/mol. The van der Waals surface area contributed by atoms with Gasteiger partial charge in [-0.05, 0) is 43.2 Å². The number of halogens is 3. The number of aryl methyl sites for hydroxylation is 1. The first kappa shape index (κ1) is 16.4. The van der Waals surface area contributed by atoms with Crippen LogP contribution in [0.3, 0.4) is 0 Å². The topological polar surface area (TPSA) is 29.5 Å². The van der Waals surface area contributed by atoms with Crippen LogP contribution in [0, 0.1) is 6.92 Å². The molecule has 0 amide bonds. The van der Waals surface area contributed by atoms with Crippen LogP contribution in [0.5, 0.6) is 5.75 Å². The van der Waals surface area contributed by atoms with Gasteiger partial charge in [-0.3, -0.25) is 0 Å². The Hall–Kier alpha value is -0.930. The van der Waals surface area contributed by atoms with Gasteiger partial charge in [-0.2, -0.15) is 0 Å². The molecule has 2 aromatic rings. The fourth-order valence-corrected chi connectivity index (χ4v) is 2.84. The number of benzene rings is 2. The van der Waals surface area contributed by atoms with Crippen LogP contribution < -0.4 is 4.74 Å². The Morgan fingerprint density at radius 3 is 2.38 bits per heavy atom. The van der Waals surface area contributed by atoms with Gasteiger partial charge in [0.2, 0.25) is 0 Å². The number of aliphatic hydroxyl groups excluding tert-OH is 1. The van der Waals surface area contributed by atoms with E-state index in [-0.39, 0.29) is 0 Å². The van der Waals surface area contributed by atoms with E-state index >= 15 is 0 Å². The summed E-state index contributed by atoms with van der Waals surface area (Å²) in [6, 6.07) is 8.56.